The van der Waals surface area contributed by atoms with E-state index in [2.05, 4.69) is 9.97 Å². The Bertz CT molecular complexity index is 891. The van der Waals surface area contributed by atoms with Gasteiger partial charge in [0.15, 0.2) is 6.29 Å². The fraction of sp³-hybridized carbons (Fsp3) is 0.333. The van der Waals surface area contributed by atoms with Crippen molar-refractivity contribution >= 4 is 22.4 Å². The maximum Gasteiger partial charge on any atom is 1.00 e. The zero-order valence-electron chi connectivity index (χ0n) is 16.7. The van der Waals surface area contributed by atoms with Crippen LogP contribution in [0.1, 0.15) is 20.8 Å². The second-order valence-electron chi connectivity index (χ2n) is 5.57. The summed E-state index contributed by atoms with van der Waals surface area (Å²) in [7, 11) is 0. The standard InChI is InChI=1S/C18H21N3O3S.Na.H/c1-5-23-13(3)24-16-10-11-19-17(12(16)2)18-20-14-8-6-7-9-15(14)21(18)25(4)22;;/h6-11,13H,5H2,1-4H3;;/q;+1;-1. The molecule has 0 aliphatic carbocycles. The number of ether oxygens (including phenoxy) is 2. The van der Waals surface area contributed by atoms with Crippen LogP contribution in [0.4, 0.5) is 0 Å². The largest absolute Gasteiger partial charge is 1.00 e. The van der Waals surface area contributed by atoms with Crippen LogP contribution in [0.5, 0.6) is 5.75 Å². The Labute approximate surface area is 180 Å². The Kier molecular flexibility index (Phi) is 7.52. The van der Waals surface area contributed by atoms with E-state index in [-0.39, 0.29) is 37.3 Å². The van der Waals surface area contributed by atoms with Crippen molar-refractivity contribution in [3.05, 3.63) is 42.1 Å². The first-order valence-corrected chi connectivity index (χ1v) is 9.60. The van der Waals surface area contributed by atoms with E-state index in [0.717, 1.165) is 16.6 Å². The molecule has 0 saturated carbocycles. The van der Waals surface area contributed by atoms with Gasteiger partial charge in [-0.2, -0.15) is 0 Å². The van der Waals surface area contributed by atoms with E-state index < -0.39 is 11.4 Å². The molecule has 2 atom stereocenters. The molecule has 3 rings (SSSR count). The first-order chi connectivity index (χ1) is 12.0. The van der Waals surface area contributed by atoms with Crippen LogP contribution in [-0.4, -0.2) is 37.6 Å². The van der Waals surface area contributed by atoms with Gasteiger partial charge >= 0.3 is 29.6 Å². The molecule has 3 aromatic rings. The molecule has 2 heterocycles. The summed E-state index contributed by atoms with van der Waals surface area (Å²) >= 11 is -1.26. The molecule has 0 radical (unpaired) electrons. The molecule has 0 amide bonds. The number of rotatable bonds is 6. The fourth-order valence-electron chi connectivity index (χ4n) is 2.73. The summed E-state index contributed by atoms with van der Waals surface area (Å²) in [5.74, 6) is 1.24. The van der Waals surface area contributed by atoms with Crippen LogP contribution >= 0.6 is 0 Å². The van der Waals surface area contributed by atoms with Crippen LogP contribution in [0.25, 0.3) is 22.6 Å². The number of para-hydroxylation sites is 2. The predicted octanol–water partition coefficient (Wildman–Crippen LogP) is 0.426. The van der Waals surface area contributed by atoms with Gasteiger partial charge < -0.3 is 15.5 Å². The third-order valence-electron chi connectivity index (χ3n) is 3.84. The number of fused-ring (bicyclic) bond motifs is 1. The minimum absolute atomic E-state index is 0. The number of nitrogens with zero attached hydrogens (tertiary/aromatic N) is 3. The minimum atomic E-state index is -1.26. The van der Waals surface area contributed by atoms with Gasteiger partial charge in [-0.1, -0.05) is 12.1 Å². The maximum absolute atomic E-state index is 12.3. The van der Waals surface area contributed by atoms with E-state index in [1.807, 2.05) is 45.0 Å². The summed E-state index contributed by atoms with van der Waals surface area (Å²) in [5, 5.41) is 0. The molecule has 2 aromatic heterocycles. The SMILES string of the molecule is CCOC(C)Oc1ccnc(-c2nc3ccccc3n2[S+](C)[O-])c1C.[H-].[Na+]. The van der Waals surface area contributed by atoms with Crippen LogP contribution in [0, 0.1) is 6.92 Å². The zero-order valence-corrected chi connectivity index (χ0v) is 18.5. The number of aromatic nitrogens is 3. The molecule has 134 valence electrons. The van der Waals surface area contributed by atoms with Crippen LogP contribution in [0.15, 0.2) is 36.5 Å². The van der Waals surface area contributed by atoms with Gasteiger partial charge in [0.2, 0.25) is 5.82 Å². The summed E-state index contributed by atoms with van der Waals surface area (Å²) in [4.78, 5) is 9.10. The average molecular weight is 383 g/mol. The fourth-order valence-corrected chi connectivity index (χ4v) is 3.53. The minimum Gasteiger partial charge on any atom is -1.00 e. The van der Waals surface area contributed by atoms with Gasteiger partial charge in [0.05, 0.1) is 16.9 Å². The Morgan fingerprint density at radius 1 is 1.31 bits per heavy atom. The molecule has 8 heteroatoms. The average Bonchev–Trinajstić information content (AvgIpc) is 2.96. The molecule has 0 spiro atoms. The second kappa shape index (κ2) is 9.21. The molecular formula is C18H22N3NaO3S. The topological polar surface area (TPSA) is 72.2 Å². The van der Waals surface area contributed by atoms with Crippen molar-refractivity contribution in [1.29, 1.82) is 0 Å². The van der Waals surface area contributed by atoms with Gasteiger partial charge in [0.1, 0.15) is 23.2 Å². The molecule has 0 aliphatic rings. The molecule has 0 aliphatic heterocycles. The number of hydrogen-bond donors (Lipinski definition) is 0. The zero-order chi connectivity index (χ0) is 18.0. The number of pyridine rings is 1. The Morgan fingerprint density at radius 3 is 2.73 bits per heavy atom. The molecular weight excluding hydrogens is 361 g/mol. The van der Waals surface area contributed by atoms with Gasteiger partial charge in [0, 0.05) is 18.4 Å². The first kappa shape index (κ1) is 21.2. The van der Waals surface area contributed by atoms with Crippen LogP contribution in [0.2, 0.25) is 0 Å². The van der Waals surface area contributed by atoms with Gasteiger partial charge in [-0.3, -0.25) is 4.98 Å². The van der Waals surface area contributed by atoms with Crippen LogP contribution in [0.3, 0.4) is 0 Å². The third-order valence-corrected chi connectivity index (χ3v) is 4.72. The Hall–Kier alpha value is -1.09. The van der Waals surface area contributed by atoms with Crippen molar-refractivity contribution in [2.75, 3.05) is 12.9 Å². The van der Waals surface area contributed by atoms with Gasteiger partial charge in [-0.15, -0.1) is 3.97 Å². The molecule has 0 bridgehead atoms. The van der Waals surface area contributed by atoms with Crippen molar-refractivity contribution in [3.63, 3.8) is 0 Å². The summed E-state index contributed by atoms with van der Waals surface area (Å²) in [6, 6.07) is 9.41. The Balaban J connectivity index is 0.00000182. The normalized spacial score (nSPS) is 13.3. The van der Waals surface area contributed by atoms with E-state index in [4.69, 9.17) is 9.47 Å². The molecule has 1 aromatic carbocycles. The molecule has 0 N–H and O–H groups in total. The van der Waals surface area contributed by atoms with Crippen molar-refractivity contribution in [2.24, 2.45) is 0 Å². The van der Waals surface area contributed by atoms with E-state index in [1.54, 1.807) is 22.5 Å². The van der Waals surface area contributed by atoms with Crippen molar-refractivity contribution in [2.45, 2.75) is 27.1 Å². The summed E-state index contributed by atoms with van der Waals surface area (Å²) < 4.78 is 25.3. The molecule has 2 unspecified atom stereocenters. The monoisotopic (exact) mass is 383 g/mol. The molecule has 6 nitrogen and oxygen atoms in total. The van der Waals surface area contributed by atoms with E-state index in [9.17, 15) is 4.55 Å². The Morgan fingerprint density at radius 2 is 2.04 bits per heavy atom. The third kappa shape index (κ3) is 4.24. The van der Waals surface area contributed by atoms with Crippen molar-refractivity contribution in [1.82, 2.24) is 13.9 Å². The summed E-state index contributed by atoms with van der Waals surface area (Å²) in [6.45, 7) is 6.25. The number of imidazole rings is 1. The number of benzene rings is 1. The van der Waals surface area contributed by atoms with E-state index in [1.165, 1.54) is 0 Å². The molecule has 26 heavy (non-hydrogen) atoms. The second-order valence-corrected chi connectivity index (χ2v) is 6.78. The van der Waals surface area contributed by atoms with E-state index >= 15 is 0 Å². The van der Waals surface area contributed by atoms with Gasteiger partial charge in [-0.05, 0) is 39.0 Å². The molecule has 0 fully saturated rings. The summed E-state index contributed by atoms with van der Waals surface area (Å²) in [5.41, 5.74) is 3.07. The van der Waals surface area contributed by atoms with Gasteiger partial charge in [0.25, 0.3) is 0 Å². The number of hydrogen-bond acceptors (Lipinski definition) is 5. The van der Waals surface area contributed by atoms with Crippen LogP contribution in [-0.2, 0) is 16.1 Å². The van der Waals surface area contributed by atoms with Gasteiger partial charge in [-0.25, -0.2) is 4.98 Å². The quantitative estimate of drug-likeness (QED) is 0.351. The van der Waals surface area contributed by atoms with Crippen molar-refractivity contribution in [3.8, 4) is 17.3 Å². The predicted molar refractivity (Wildman–Crippen MR) is 100.0 cm³/mol. The maximum atomic E-state index is 12.3. The van der Waals surface area contributed by atoms with Crippen molar-refractivity contribution < 1.29 is 45.0 Å². The summed E-state index contributed by atoms with van der Waals surface area (Å²) in [6.07, 6.45) is 2.93. The smallest absolute Gasteiger partial charge is 1.00 e. The first-order valence-electron chi connectivity index (χ1n) is 8.08. The molecule has 0 saturated heterocycles. The van der Waals surface area contributed by atoms with Crippen LogP contribution < -0.4 is 34.3 Å². The van der Waals surface area contributed by atoms with E-state index in [0.29, 0.717) is 23.9 Å².